The third-order valence-electron chi connectivity index (χ3n) is 5.08. The van der Waals surface area contributed by atoms with Gasteiger partial charge in [0.25, 0.3) is 5.92 Å². The highest BCUT2D eigenvalue weighted by molar-refractivity contribution is 7.11. The van der Waals surface area contributed by atoms with Crippen molar-refractivity contribution >= 4 is 29.1 Å². The van der Waals surface area contributed by atoms with Crippen LogP contribution in [-0.4, -0.2) is 71.0 Å². The number of esters is 1. The summed E-state index contributed by atoms with van der Waals surface area (Å²) in [5.74, 6) is -4.78. The highest BCUT2D eigenvalue weighted by Gasteiger charge is 2.46. The third kappa shape index (κ3) is 5.20. The number of rotatable bonds is 8. The third-order valence-corrected chi connectivity index (χ3v) is 5.86. The van der Waals surface area contributed by atoms with E-state index in [2.05, 4.69) is 15.3 Å². The highest BCUT2D eigenvalue weighted by Crippen LogP contribution is 2.35. The van der Waals surface area contributed by atoms with Crippen LogP contribution in [0.2, 0.25) is 0 Å². The Morgan fingerprint density at radius 3 is 2.90 bits per heavy atom. The van der Waals surface area contributed by atoms with Gasteiger partial charge in [-0.3, -0.25) is 14.7 Å². The first-order valence-electron chi connectivity index (χ1n) is 9.65. The van der Waals surface area contributed by atoms with Crippen LogP contribution in [0.1, 0.15) is 31.7 Å². The summed E-state index contributed by atoms with van der Waals surface area (Å²) < 4.78 is 33.5. The molecule has 2 N–H and O–H groups in total. The first-order chi connectivity index (χ1) is 14.2. The summed E-state index contributed by atoms with van der Waals surface area (Å²) in [6, 6.07) is -0.619. The summed E-state index contributed by atoms with van der Waals surface area (Å²) in [6.45, 7) is 2.95. The van der Waals surface area contributed by atoms with Gasteiger partial charge in [-0.1, -0.05) is 6.92 Å². The van der Waals surface area contributed by atoms with Gasteiger partial charge in [0.05, 0.1) is 31.2 Å². The van der Waals surface area contributed by atoms with Crippen molar-refractivity contribution in [1.82, 2.24) is 15.2 Å². The van der Waals surface area contributed by atoms with E-state index in [-0.39, 0.29) is 31.7 Å². The molecule has 2 atom stereocenters. The standard InChI is InChI=1S/C19H24F2N4O4S/c1-3-29-18(28)13-8-23-15(16-22-4-5-30-16)24-14(13)9-25-10-19(20,21)7-12(25)6-11(2)17(26)27/h4-5,11-12H,3,6-10H2,1-2H3,(H,23,24)(H,26,27)/t11?,12-/m0/s1. The molecule has 0 spiro atoms. The van der Waals surface area contributed by atoms with Gasteiger partial charge in [-0.25, -0.2) is 18.6 Å². The number of carbonyl (C=O) groups is 2. The highest BCUT2D eigenvalue weighted by atomic mass is 32.1. The van der Waals surface area contributed by atoms with Crippen LogP contribution in [0.3, 0.4) is 0 Å². The first-order valence-corrected chi connectivity index (χ1v) is 10.5. The smallest absolute Gasteiger partial charge is 0.337 e. The van der Waals surface area contributed by atoms with Crippen molar-refractivity contribution in [3.8, 4) is 0 Å². The zero-order chi connectivity index (χ0) is 21.9. The number of alkyl halides is 2. The van der Waals surface area contributed by atoms with E-state index in [0.29, 0.717) is 16.5 Å². The Morgan fingerprint density at radius 2 is 2.27 bits per heavy atom. The fraction of sp³-hybridized carbons (Fsp3) is 0.579. The van der Waals surface area contributed by atoms with Crippen molar-refractivity contribution in [2.75, 3.05) is 26.2 Å². The van der Waals surface area contributed by atoms with E-state index in [4.69, 9.17) is 4.74 Å². The summed E-state index contributed by atoms with van der Waals surface area (Å²) in [7, 11) is 0. The maximum Gasteiger partial charge on any atom is 0.337 e. The molecule has 11 heteroatoms. The van der Waals surface area contributed by atoms with Gasteiger partial charge >= 0.3 is 11.9 Å². The van der Waals surface area contributed by atoms with E-state index in [9.17, 15) is 23.5 Å². The van der Waals surface area contributed by atoms with E-state index in [0.717, 1.165) is 0 Å². The zero-order valence-electron chi connectivity index (χ0n) is 16.7. The van der Waals surface area contributed by atoms with Crippen LogP contribution in [-0.2, 0) is 14.3 Å². The Hall–Kier alpha value is -2.40. The number of aliphatic carboxylic acids is 1. The molecular weight excluding hydrogens is 418 g/mol. The van der Waals surface area contributed by atoms with E-state index in [1.807, 2.05) is 0 Å². The number of hydrogen-bond acceptors (Lipinski definition) is 8. The van der Waals surface area contributed by atoms with Crippen molar-refractivity contribution in [3.05, 3.63) is 27.9 Å². The minimum absolute atomic E-state index is 0.0329. The molecule has 0 saturated carbocycles. The van der Waals surface area contributed by atoms with E-state index in [1.165, 1.54) is 23.2 Å². The van der Waals surface area contributed by atoms with Gasteiger partial charge in [0.2, 0.25) is 0 Å². The maximum atomic E-state index is 14.2. The van der Waals surface area contributed by atoms with Gasteiger partial charge in [-0.05, 0) is 13.3 Å². The average molecular weight is 442 g/mol. The summed E-state index contributed by atoms with van der Waals surface area (Å²) in [4.78, 5) is 33.7. The van der Waals surface area contributed by atoms with Crippen LogP contribution >= 0.6 is 11.3 Å². The molecule has 0 amide bonds. The minimum atomic E-state index is -2.92. The lowest BCUT2D eigenvalue weighted by Gasteiger charge is -2.29. The van der Waals surface area contributed by atoms with Gasteiger partial charge in [0, 0.05) is 36.3 Å². The molecule has 8 nitrogen and oxygen atoms in total. The van der Waals surface area contributed by atoms with Crippen molar-refractivity contribution in [1.29, 1.82) is 0 Å². The fourth-order valence-electron chi connectivity index (χ4n) is 3.61. The van der Waals surface area contributed by atoms with Gasteiger partial charge in [-0.15, -0.1) is 11.3 Å². The molecule has 2 aliphatic rings. The molecule has 3 heterocycles. The van der Waals surface area contributed by atoms with Crippen molar-refractivity contribution < 1.29 is 28.2 Å². The predicted octanol–water partition coefficient (Wildman–Crippen LogP) is 2.13. The molecule has 30 heavy (non-hydrogen) atoms. The summed E-state index contributed by atoms with van der Waals surface area (Å²) in [5.41, 5.74) is 0.705. The molecule has 0 radical (unpaired) electrons. The molecule has 0 aliphatic carbocycles. The fourth-order valence-corrected chi connectivity index (χ4v) is 4.21. The molecule has 1 fully saturated rings. The van der Waals surface area contributed by atoms with Crippen LogP contribution in [0.25, 0.3) is 0 Å². The van der Waals surface area contributed by atoms with E-state index in [1.54, 1.807) is 18.5 Å². The van der Waals surface area contributed by atoms with Gasteiger partial charge in [0.15, 0.2) is 10.8 Å². The Morgan fingerprint density at radius 1 is 1.50 bits per heavy atom. The monoisotopic (exact) mass is 442 g/mol. The zero-order valence-corrected chi connectivity index (χ0v) is 17.5. The first kappa shape index (κ1) is 22.3. The second kappa shape index (κ2) is 9.17. The van der Waals surface area contributed by atoms with Crippen LogP contribution in [0.15, 0.2) is 27.8 Å². The number of nitrogens with one attached hydrogen (secondary N) is 1. The number of halogens is 2. The number of amidine groups is 1. The Kier molecular flexibility index (Phi) is 6.81. The Labute approximate surface area is 176 Å². The molecular formula is C19H24F2N4O4S. The van der Waals surface area contributed by atoms with Gasteiger partial charge < -0.3 is 15.2 Å². The molecule has 1 unspecified atom stereocenters. The van der Waals surface area contributed by atoms with Crippen LogP contribution in [0.4, 0.5) is 8.78 Å². The maximum absolute atomic E-state index is 14.2. The number of likely N-dealkylation sites (tertiary alicyclic amines) is 1. The van der Waals surface area contributed by atoms with Crippen LogP contribution in [0, 0.1) is 5.92 Å². The minimum Gasteiger partial charge on any atom is -0.481 e. The summed E-state index contributed by atoms with van der Waals surface area (Å²) in [6.07, 6.45) is 1.30. The van der Waals surface area contributed by atoms with E-state index >= 15 is 0 Å². The topological polar surface area (TPSA) is 104 Å². The number of aromatic nitrogens is 1. The number of hydrogen-bond donors (Lipinski definition) is 2. The van der Waals surface area contributed by atoms with Crippen LogP contribution < -0.4 is 5.32 Å². The molecule has 1 saturated heterocycles. The lowest BCUT2D eigenvalue weighted by atomic mass is 9.99. The Bertz CT molecular complexity index is 857. The van der Waals surface area contributed by atoms with Crippen molar-refractivity contribution in [3.63, 3.8) is 0 Å². The normalized spacial score (nSPS) is 22.4. The molecule has 0 bridgehead atoms. The number of carbonyl (C=O) groups excluding carboxylic acids is 1. The number of carboxylic acid groups (broad SMARTS) is 1. The molecule has 0 aromatic carbocycles. The lowest BCUT2D eigenvalue weighted by molar-refractivity contribution is -0.141. The number of nitrogens with zero attached hydrogens (tertiary/aromatic N) is 3. The summed E-state index contributed by atoms with van der Waals surface area (Å²) >= 11 is 1.36. The second-order valence-corrected chi connectivity index (χ2v) is 8.29. The van der Waals surface area contributed by atoms with Gasteiger partial charge in [0.1, 0.15) is 0 Å². The van der Waals surface area contributed by atoms with Crippen molar-refractivity contribution in [2.45, 2.75) is 38.7 Å². The Balaban J connectivity index is 1.84. The predicted molar refractivity (Wildman–Crippen MR) is 107 cm³/mol. The SMILES string of the molecule is CCOC(=O)C1=C(CN2CC(F)(F)C[C@@H]2CC(C)C(=O)O)NC(c2nccs2)=NC1. The number of carboxylic acids is 1. The molecule has 164 valence electrons. The molecule has 1 aromatic heterocycles. The average Bonchev–Trinajstić information content (AvgIpc) is 3.30. The molecule has 2 aliphatic heterocycles. The van der Waals surface area contributed by atoms with E-state index < -0.39 is 42.8 Å². The summed E-state index contributed by atoms with van der Waals surface area (Å²) in [5, 5.41) is 14.7. The quantitative estimate of drug-likeness (QED) is 0.595. The number of ether oxygens (including phenoxy) is 1. The lowest BCUT2D eigenvalue weighted by Crippen LogP contribution is -2.41. The largest absolute Gasteiger partial charge is 0.481 e. The van der Waals surface area contributed by atoms with Crippen molar-refractivity contribution in [2.24, 2.45) is 10.9 Å². The molecule has 3 rings (SSSR count). The second-order valence-electron chi connectivity index (χ2n) is 7.40. The molecule has 1 aromatic rings. The number of aliphatic imine (C=N–C) groups is 1. The van der Waals surface area contributed by atoms with Gasteiger partial charge in [-0.2, -0.15) is 0 Å². The number of thiazole rings is 1. The van der Waals surface area contributed by atoms with Crippen LogP contribution in [0.5, 0.6) is 0 Å².